The number of carbonyl (C=O) groups excluding carboxylic acids is 1. The van der Waals surface area contributed by atoms with Gasteiger partial charge in [-0.25, -0.2) is 4.98 Å². The molecule has 8 heteroatoms. The van der Waals surface area contributed by atoms with Crippen LogP contribution < -0.4 is 11.1 Å². The molecule has 0 fully saturated rings. The van der Waals surface area contributed by atoms with Crippen molar-refractivity contribution in [3.63, 3.8) is 0 Å². The number of nitrogens with one attached hydrogen (secondary N) is 1. The minimum Gasteiger partial charge on any atom is -0.399 e. The average Bonchev–Trinajstić information content (AvgIpc) is 2.81. The van der Waals surface area contributed by atoms with Crippen molar-refractivity contribution in [2.45, 2.75) is 6.54 Å². The lowest BCUT2D eigenvalue weighted by Gasteiger charge is -2.10. The number of amides is 1. The zero-order chi connectivity index (χ0) is 14.7. The van der Waals surface area contributed by atoms with Gasteiger partial charge in [-0.15, -0.1) is 0 Å². The Morgan fingerprint density at radius 1 is 1.45 bits per heavy atom. The van der Waals surface area contributed by atoms with E-state index >= 15 is 0 Å². The summed E-state index contributed by atoms with van der Waals surface area (Å²) < 4.78 is 1.41. The number of halogens is 2. The molecule has 2 rings (SSSR count). The van der Waals surface area contributed by atoms with E-state index in [4.69, 9.17) is 34.2 Å². The Balaban J connectivity index is 2.15. The molecule has 1 amide bonds. The van der Waals surface area contributed by atoms with Crippen LogP contribution in [0.2, 0.25) is 10.0 Å². The Morgan fingerprint density at radius 3 is 2.70 bits per heavy atom. The highest BCUT2D eigenvalue weighted by atomic mass is 35.5. The number of hydrogen-bond donors (Lipinski definition) is 2. The summed E-state index contributed by atoms with van der Waals surface area (Å²) in [4.78, 5) is 15.7. The Hall–Kier alpha value is -2.23. The first-order chi connectivity index (χ1) is 9.51. The van der Waals surface area contributed by atoms with Gasteiger partial charge in [0.2, 0.25) is 11.7 Å². The van der Waals surface area contributed by atoms with Crippen LogP contribution in [0.5, 0.6) is 0 Å². The smallest absolute Gasteiger partial charge is 0.244 e. The second-order valence-electron chi connectivity index (χ2n) is 3.90. The lowest BCUT2D eigenvalue weighted by Crippen LogP contribution is -2.19. The number of imidazole rings is 1. The number of nitrogens with zero attached hydrogens (tertiary/aromatic N) is 3. The highest BCUT2D eigenvalue weighted by Gasteiger charge is 2.12. The number of hydrogen-bond acceptors (Lipinski definition) is 4. The average molecular weight is 310 g/mol. The number of rotatable bonds is 3. The van der Waals surface area contributed by atoms with Crippen molar-refractivity contribution in [2.24, 2.45) is 0 Å². The molecular weight excluding hydrogens is 301 g/mol. The highest BCUT2D eigenvalue weighted by Crippen LogP contribution is 2.32. The summed E-state index contributed by atoms with van der Waals surface area (Å²) in [5.74, 6) is -0.234. The normalized spacial score (nSPS) is 10.1. The maximum atomic E-state index is 11.9. The van der Waals surface area contributed by atoms with Crippen molar-refractivity contribution in [1.29, 1.82) is 5.26 Å². The van der Waals surface area contributed by atoms with Crippen LogP contribution in [0.1, 0.15) is 5.82 Å². The van der Waals surface area contributed by atoms with Gasteiger partial charge in [0.25, 0.3) is 0 Å². The topological polar surface area (TPSA) is 96.7 Å². The van der Waals surface area contributed by atoms with Crippen LogP contribution in [-0.2, 0) is 11.3 Å². The second-order valence-corrected chi connectivity index (χ2v) is 4.71. The molecular formula is C12H9Cl2N5O. The molecule has 0 radical (unpaired) electrons. The van der Waals surface area contributed by atoms with Crippen molar-refractivity contribution in [2.75, 3.05) is 11.1 Å². The first kappa shape index (κ1) is 14.2. The molecule has 1 heterocycles. The van der Waals surface area contributed by atoms with E-state index in [9.17, 15) is 4.79 Å². The molecule has 0 aliphatic carbocycles. The maximum Gasteiger partial charge on any atom is 0.244 e. The third-order valence-electron chi connectivity index (χ3n) is 2.46. The molecule has 1 aromatic carbocycles. The molecule has 0 aliphatic heterocycles. The van der Waals surface area contributed by atoms with Crippen molar-refractivity contribution >= 4 is 40.5 Å². The monoisotopic (exact) mass is 309 g/mol. The molecule has 3 N–H and O–H groups in total. The molecule has 2 aromatic rings. The Morgan fingerprint density at radius 2 is 2.10 bits per heavy atom. The van der Waals surface area contributed by atoms with Crippen LogP contribution in [-0.4, -0.2) is 15.5 Å². The zero-order valence-corrected chi connectivity index (χ0v) is 11.6. The van der Waals surface area contributed by atoms with E-state index in [2.05, 4.69) is 10.3 Å². The summed E-state index contributed by atoms with van der Waals surface area (Å²) in [7, 11) is 0. The minimum atomic E-state index is -0.381. The van der Waals surface area contributed by atoms with Gasteiger partial charge in [-0.2, -0.15) is 5.26 Å². The number of anilines is 2. The van der Waals surface area contributed by atoms with E-state index < -0.39 is 0 Å². The first-order valence-corrected chi connectivity index (χ1v) is 6.22. The fourth-order valence-corrected chi connectivity index (χ4v) is 2.19. The molecule has 0 aliphatic rings. The van der Waals surface area contributed by atoms with E-state index in [0.29, 0.717) is 5.69 Å². The molecule has 0 spiro atoms. The van der Waals surface area contributed by atoms with Gasteiger partial charge in [0.1, 0.15) is 12.6 Å². The Bertz CT molecular complexity index is 681. The van der Waals surface area contributed by atoms with Gasteiger partial charge in [-0.05, 0) is 12.1 Å². The highest BCUT2D eigenvalue weighted by molar-refractivity contribution is 6.40. The van der Waals surface area contributed by atoms with Crippen molar-refractivity contribution in [3.05, 3.63) is 40.4 Å². The molecule has 20 heavy (non-hydrogen) atoms. The van der Waals surface area contributed by atoms with Crippen LogP contribution in [0, 0.1) is 11.3 Å². The summed E-state index contributed by atoms with van der Waals surface area (Å²) in [6.07, 6.45) is 2.97. The van der Waals surface area contributed by atoms with E-state index in [1.54, 1.807) is 0 Å². The van der Waals surface area contributed by atoms with Crippen molar-refractivity contribution in [1.82, 2.24) is 9.55 Å². The van der Waals surface area contributed by atoms with Crippen molar-refractivity contribution < 1.29 is 4.79 Å². The molecule has 0 saturated carbocycles. The molecule has 102 valence electrons. The number of nitriles is 1. The minimum absolute atomic E-state index is 0.0695. The predicted molar refractivity (Wildman–Crippen MR) is 76.4 cm³/mol. The number of benzene rings is 1. The summed E-state index contributed by atoms with van der Waals surface area (Å²) in [5, 5.41) is 11.9. The van der Waals surface area contributed by atoms with E-state index in [-0.39, 0.29) is 34.0 Å². The van der Waals surface area contributed by atoms with E-state index in [1.807, 2.05) is 6.07 Å². The molecule has 0 atom stereocenters. The van der Waals surface area contributed by atoms with Crippen LogP contribution >= 0.6 is 23.2 Å². The maximum absolute atomic E-state index is 11.9. The van der Waals surface area contributed by atoms with Gasteiger partial charge in [0.05, 0.1) is 15.7 Å². The lowest BCUT2D eigenvalue weighted by atomic mass is 10.3. The molecule has 0 saturated heterocycles. The SMILES string of the molecule is N#Cc1nccn1CC(=O)Nc1c(Cl)cc(N)cc1Cl. The fourth-order valence-electron chi connectivity index (χ4n) is 1.60. The Labute approximate surface area is 124 Å². The van der Waals surface area contributed by atoms with Crippen LogP contribution in [0.15, 0.2) is 24.5 Å². The zero-order valence-electron chi connectivity index (χ0n) is 10.1. The number of carbonyl (C=O) groups is 1. The third kappa shape index (κ3) is 3.02. The molecule has 1 aromatic heterocycles. The largest absolute Gasteiger partial charge is 0.399 e. The summed E-state index contributed by atoms with van der Waals surface area (Å²) in [6.45, 7) is -0.0695. The number of nitrogen functional groups attached to an aromatic ring is 1. The lowest BCUT2D eigenvalue weighted by molar-refractivity contribution is -0.116. The van der Waals surface area contributed by atoms with Crippen LogP contribution in [0.4, 0.5) is 11.4 Å². The molecule has 6 nitrogen and oxygen atoms in total. The third-order valence-corrected chi connectivity index (χ3v) is 3.05. The second kappa shape index (κ2) is 5.82. The number of nitrogens with two attached hydrogens (primary N) is 1. The summed E-state index contributed by atoms with van der Waals surface area (Å²) in [6, 6.07) is 4.85. The van der Waals surface area contributed by atoms with Crippen molar-refractivity contribution in [3.8, 4) is 6.07 Å². The van der Waals surface area contributed by atoms with Gasteiger partial charge < -0.3 is 15.6 Å². The van der Waals surface area contributed by atoms with Gasteiger partial charge in [0.15, 0.2) is 0 Å². The van der Waals surface area contributed by atoms with Gasteiger partial charge in [-0.1, -0.05) is 23.2 Å². The van der Waals surface area contributed by atoms with Gasteiger partial charge >= 0.3 is 0 Å². The van der Waals surface area contributed by atoms with Crippen LogP contribution in [0.25, 0.3) is 0 Å². The quantitative estimate of drug-likeness (QED) is 0.850. The van der Waals surface area contributed by atoms with Gasteiger partial charge in [0, 0.05) is 18.1 Å². The van der Waals surface area contributed by atoms with Crippen LogP contribution in [0.3, 0.4) is 0 Å². The predicted octanol–water partition coefficient (Wildman–Crippen LogP) is 2.28. The van der Waals surface area contributed by atoms with Gasteiger partial charge in [-0.3, -0.25) is 4.79 Å². The molecule has 0 unspecified atom stereocenters. The fraction of sp³-hybridized carbons (Fsp3) is 0.0833. The molecule has 0 bridgehead atoms. The first-order valence-electron chi connectivity index (χ1n) is 5.47. The van der Waals surface area contributed by atoms with E-state index in [1.165, 1.54) is 29.1 Å². The summed E-state index contributed by atoms with van der Waals surface area (Å²) >= 11 is 11.9. The summed E-state index contributed by atoms with van der Waals surface area (Å²) in [5.41, 5.74) is 6.26. The standard InChI is InChI=1S/C12H9Cl2N5O/c13-8-3-7(16)4-9(14)12(8)18-11(20)6-19-2-1-17-10(19)5-15/h1-4H,6,16H2,(H,18,20). The van der Waals surface area contributed by atoms with E-state index in [0.717, 1.165) is 0 Å². The Kier molecular flexibility index (Phi) is 4.13. The number of aromatic nitrogens is 2.